The molecular formula is C15H18BrNO3. The van der Waals surface area contributed by atoms with Gasteiger partial charge in [0.1, 0.15) is 11.4 Å². The largest absolute Gasteiger partial charge is 0.497 e. The molecule has 4 nitrogen and oxygen atoms in total. The molecule has 0 unspecified atom stereocenters. The summed E-state index contributed by atoms with van der Waals surface area (Å²) in [7, 11) is 1.62. The van der Waals surface area contributed by atoms with Gasteiger partial charge in [-0.15, -0.1) is 0 Å². The fourth-order valence-electron chi connectivity index (χ4n) is 2.07. The Hall–Kier alpha value is -1.49. The average molecular weight is 340 g/mol. The average Bonchev–Trinajstić information content (AvgIpc) is 2.63. The van der Waals surface area contributed by atoms with E-state index in [1.807, 2.05) is 45.9 Å². The summed E-state index contributed by atoms with van der Waals surface area (Å²) < 4.78 is 13.1. The van der Waals surface area contributed by atoms with Crippen molar-refractivity contribution in [3.8, 4) is 5.75 Å². The zero-order valence-corrected chi connectivity index (χ0v) is 13.9. The third kappa shape index (κ3) is 2.82. The molecule has 5 heteroatoms. The van der Waals surface area contributed by atoms with E-state index in [1.165, 1.54) is 0 Å². The van der Waals surface area contributed by atoms with Gasteiger partial charge in [-0.2, -0.15) is 0 Å². The summed E-state index contributed by atoms with van der Waals surface area (Å²) in [5.74, 6) is 0.741. The van der Waals surface area contributed by atoms with Crippen molar-refractivity contribution in [3.63, 3.8) is 0 Å². The first-order valence-corrected chi connectivity index (χ1v) is 7.11. The molecule has 108 valence electrons. The SMILES string of the molecule is COc1cc(Br)c2c(c1)cc(C)n2C(=O)OC(C)(C)C. The van der Waals surface area contributed by atoms with E-state index in [2.05, 4.69) is 15.9 Å². The maximum Gasteiger partial charge on any atom is 0.419 e. The number of aromatic nitrogens is 1. The lowest BCUT2D eigenvalue weighted by molar-refractivity contribution is 0.0541. The lowest BCUT2D eigenvalue weighted by atomic mass is 10.2. The van der Waals surface area contributed by atoms with E-state index in [9.17, 15) is 4.79 Å². The van der Waals surface area contributed by atoms with Gasteiger partial charge in [0.2, 0.25) is 0 Å². The zero-order valence-electron chi connectivity index (χ0n) is 12.3. The van der Waals surface area contributed by atoms with E-state index >= 15 is 0 Å². The minimum Gasteiger partial charge on any atom is -0.497 e. The number of hydrogen-bond acceptors (Lipinski definition) is 3. The van der Waals surface area contributed by atoms with Crippen LogP contribution < -0.4 is 4.74 Å². The molecule has 0 radical (unpaired) electrons. The Labute approximate surface area is 126 Å². The van der Waals surface area contributed by atoms with Crippen LogP contribution in [0.1, 0.15) is 26.5 Å². The van der Waals surface area contributed by atoms with Crippen molar-refractivity contribution in [2.24, 2.45) is 0 Å². The molecule has 2 aromatic rings. The quantitative estimate of drug-likeness (QED) is 0.767. The second kappa shape index (κ2) is 5.13. The summed E-state index contributed by atoms with van der Waals surface area (Å²) in [6.07, 6.45) is -0.379. The number of rotatable bonds is 1. The Bertz CT molecular complexity index is 668. The number of aryl methyl sites for hydroxylation is 1. The molecule has 0 saturated carbocycles. The number of benzene rings is 1. The van der Waals surface area contributed by atoms with E-state index in [0.29, 0.717) is 0 Å². The number of ether oxygens (including phenoxy) is 2. The first-order valence-electron chi connectivity index (χ1n) is 6.32. The number of halogens is 1. The molecule has 1 heterocycles. The van der Waals surface area contributed by atoms with Gasteiger partial charge in [0.25, 0.3) is 0 Å². The normalized spacial score (nSPS) is 11.7. The fourth-order valence-corrected chi connectivity index (χ4v) is 2.70. The molecule has 20 heavy (non-hydrogen) atoms. The second-order valence-corrected chi connectivity index (χ2v) is 6.50. The Morgan fingerprint density at radius 3 is 2.45 bits per heavy atom. The summed E-state index contributed by atoms with van der Waals surface area (Å²) in [5.41, 5.74) is 1.08. The van der Waals surface area contributed by atoms with Gasteiger partial charge in [-0.05, 0) is 61.8 Å². The first-order chi connectivity index (χ1) is 9.23. The van der Waals surface area contributed by atoms with Crippen LogP contribution in [0.2, 0.25) is 0 Å². The molecule has 0 spiro atoms. The molecule has 1 aromatic carbocycles. The van der Waals surface area contributed by atoms with Crippen LogP contribution in [0.15, 0.2) is 22.7 Å². The Kier molecular flexibility index (Phi) is 3.82. The first kappa shape index (κ1) is 14.9. The van der Waals surface area contributed by atoms with Crippen LogP contribution in [-0.2, 0) is 4.74 Å². The van der Waals surface area contributed by atoms with Gasteiger partial charge in [0.05, 0.1) is 12.6 Å². The van der Waals surface area contributed by atoms with Gasteiger partial charge in [0, 0.05) is 15.6 Å². The molecule has 0 amide bonds. The van der Waals surface area contributed by atoms with E-state index in [-0.39, 0.29) is 6.09 Å². The minimum absolute atomic E-state index is 0.379. The van der Waals surface area contributed by atoms with Crippen LogP contribution in [0.5, 0.6) is 5.75 Å². The lowest BCUT2D eigenvalue weighted by Gasteiger charge is -2.20. The molecular weight excluding hydrogens is 322 g/mol. The number of nitrogens with zero attached hydrogens (tertiary/aromatic N) is 1. The highest BCUT2D eigenvalue weighted by Crippen LogP contribution is 2.32. The third-order valence-electron chi connectivity index (χ3n) is 2.82. The predicted molar refractivity (Wildman–Crippen MR) is 82.6 cm³/mol. The molecule has 0 aliphatic carbocycles. The standard InChI is InChI=1S/C15H18BrNO3/c1-9-6-10-7-11(19-5)8-12(16)13(10)17(9)14(18)20-15(2,3)4/h6-8H,1-5H3. The number of methoxy groups -OCH3 is 1. The molecule has 0 atom stereocenters. The van der Waals surface area contributed by atoms with Crippen molar-refractivity contribution in [1.82, 2.24) is 4.57 Å². The van der Waals surface area contributed by atoms with Crippen LogP contribution in [-0.4, -0.2) is 23.4 Å². The summed E-state index contributed by atoms with van der Waals surface area (Å²) in [4.78, 5) is 12.4. The van der Waals surface area contributed by atoms with Crippen molar-refractivity contribution in [1.29, 1.82) is 0 Å². The van der Waals surface area contributed by atoms with Crippen LogP contribution in [0, 0.1) is 6.92 Å². The highest BCUT2D eigenvalue weighted by molar-refractivity contribution is 9.10. The van der Waals surface area contributed by atoms with E-state index in [0.717, 1.165) is 26.8 Å². The highest BCUT2D eigenvalue weighted by atomic mass is 79.9. The molecule has 0 saturated heterocycles. The second-order valence-electron chi connectivity index (χ2n) is 5.65. The van der Waals surface area contributed by atoms with Gasteiger partial charge in [-0.3, -0.25) is 0 Å². The summed E-state index contributed by atoms with van der Waals surface area (Å²) in [6, 6.07) is 5.67. The topological polar surface area (TPSA) is 40.5 Å². The van der Waals surface area contributed by atoms with Gasteiger partial charge >= 0.3 is 6.09 Å². The Morgan fingerprint density at radius 2 is 1.90 bits per heavy atom. The van der Waals surface area contributed by atoms with Crippen LogP contribution in [0.25, 0.3) is 10.9 Å². The minimum atomic E-state index is -0.529. The number of fused-ring (bicyclic) bond motifs is 1. The van der Waals surface area contributed by atoms with Crippen molar-refractivity contribution in [2.75, 3.05) is 7.11 Å². The third-order valence-corrected chi connectivity index (χ3v) is 3.42. The van der Waals surface area contributed by atoms with Gasteiger partial charge in [-0.1, -0.05) is 0 Å². The van der Waals surface area contributed by atoms with E-state index in [1.54, 1.807) is 11.7 Å². The van der Waals surface area contributed by atoms with Gasteiger partial charge in [-0.25, -0.2) is 9.36 Å². The van der Waals surface area contributed by atoms with Crippen molar-refractivity contribution < 1.29 is 14.3 Å². The van der Waals surface area contributed by atoms with E-state index < -0.39 is 5.60 Å². The maximum absolute atomic E-state index is 12.4. The lowest BCUT2D eigenvalue weighted by Crippen LogP contribution is -2.27. The van der Waals surface area contributed by atoms with Crippen molar-refractivity contribution in [3.05, 3.63) is 28.4 Å². The van der Waals surface area contributed by atoms with Gasteiger partial charge < -0.3 is 9.47 Å². The maximum atomic E-state index is 12.4. The summed E-state index contributed by atoms with van der Waals surface area (Å²) in [5, 5.41) is 0.930. The smallest absolute Gasteiger partial charge is 0.419 e. The number of hydrogen-bond donors (Lipinski definition) is 0. The molecule has 0 aliphatic rings. The molecule has 0 bridgehead atoms. The predicted octanol–water partition coefficient (Wildman–Crippen LogP) is 4.50. The van der Waals surface area contributed by atoms with Crippen LogP contribution in [0.3, 0.4) is 0 Å². The monoisotopic (exact) mass is 339 g/mol. The number of carbonyl (C=O) groups is 1. The Balaban J connectivity index is 2.59. The van der Waals surface area contributed by atoms with Crippen LogP contribution in [0.4, 0.5) is 4.79 Å². The van der Waals surface area contributed by atoms with Gasteiger partial charge in [0.15, 0.2) is 0 Å². The highest BCUT2D eigenvalue weighted by Gasteiger charge is 2.22. The zero-order chi connectivity index (χ0) is 15.1. The molecule has 0 aliphatic heterocycles. The fraction of sp³-hybridized carbons (Fsp3) is 0.400. The van der Waals surface area contributed by atoms with Crippen LogP contribution >= 0.6 is 15.9 Å². The molecule has 0 fully saturated rings. The van der Waals surface area contributed by atoms with Crippen molar-refractivity contribution in [2.45, 2.75) is 33.3 Å². The summed E-state index contributed by atoms with van der Waals surface area (Å²) in [6.45, 7) is 7.43. The van der Waals surface area contributed by atoms with Crippen molar-refractivity contribution >= 4 is 32.9 Å². The molecule has 1 aromatic heterocycles. The van der Waals surface area contributed by atoms with E-state index in [4.69, 9.17) is 9.47 Å². The Morgan fingerprint density at radius 1 is 1.25 bits per heavy atom. The molecule has 0 N–H and O–H groups in total. The number of carbonyl (C=O) groups excluding carboxylic acids is 1. The summed E-state index contributed by atoms with van der Waals surface area (Å²) >= 11 is 3.49. The molecule has 2 rings (SSSR count).